The van der Waals surface area contributed by atoms with Gasteiger partial charge in [0.05, 0.1) is 29.9 Å². The maximum absolute atomic E-state index is 13.7. The Morgan fingerprint density at radius 2 is 1.91 bits per heavy atom. The van der Waals surface area contributed by atoms with E-state index < -0.39 is 11.6 Å². The van der Waals surface area contributed by atoms with Crippen molar-refractivity contribution >= 4 is 16.9 Å². The number of rotatable bonds is 9. The number of fused-ring (bicyclic) bond motifs is 1. The van der Waals surface area contributed by atoms with E-state index in [1.165, 1.54) is 4.90 Å². The molecular formula is C28H37N3O4. The van der Waals surface area contributed by atoms with Crippen molar-refractivity contribution < 1.29 is 14.6 Å². The van der Waals surface area contributed by atoms with Gasteiger partial charge in [-0.15, -0.1) is 0 Å². The average Bonchev–Trinajstić information content (AvgIpc) is 2.80. The lowest BCUT2D eigenvalue weighted by Crippen LogP contribution is -2.45. The molecule has 0 unspecified atom stereocenters. The minimum absolute atomic E-state index is 0.0476. The van der Waals surface area contributed by atoms with Gasteiger partial charge in [-0.1, -0.05) is 39.3 Å². The summed E-state index contributed by atoms with van der Waals surface area (Å²) in [5.74, 6) is 0.759. The van der Waals surface area contributed by atoms with Crippen LogP contribution in [0.4, 0.5) is 4.79 Å². The van der Waals surface area contributed by atoms with Crippen molar-refractivity contribution in [2.75, 3.05) is 6.61 Å². The molecular weight excluding hydrogens is 442 g/mol. The Balaban J connectivity index is 2.34. The highest BCUT2D eigenvalue weighted by Gasteiger charge is 2.30. The Morgan fingerprint density at radius 1 is 1.17 bits per heavy atom. The number of benzene rings is 1. The van der Waals surface area contributed by atoms with Crippen molar-refractivity contribution in [3.05, 3.63) is 58.6 Å². The first-order valence-electron chi connectivity index (χ1n) is 12.3. The monoisotopic (exact) mass is 479 g/mol. The summed E-state index contributed by atoms with van der Waals surface area (Å²) in [5.41, 5.74) is 1.46. The lowest BCUT2D eigenvalue weighted by molar-refractivity contribution is 0.0927. The Hall–Kier alpha value is -3.35. The molecule has 188 valence electrons. The molecule has 2 aromatic heterocycles. The largest absolute Gasteiger partial charge is 0.491 e. The highest BCUT2D eigenvalue weighted by atomic mass is 16.5. The first kappa shape index (κ1) is 26.3. The topological polar surface area (TPSA) is 84.7 Å². The van der Waals surface area contributed by atoms with Crippen LogP contribution in [0.15, 0.2) is 47.4 Å². The quantitative estimate of drug-likeness (QED) is 0.371. The van der Waals surface area contributed by atoms with Gasteiger partial charge in [-0.2, -0.15) is 0 Å². The smallest absolute Gasteiger partial charge is 0.408 e. The van der Waals surface area contributed by atoms with Gasteiger partial charge < -0.3 is 14.4 Å². The van der Waals surface area contributed by atoms with E-state index in [4.69, 9.17) is 4.74 Å². The predicted molar refractivity (Wildman–Crippen MR) is 140 cm³/mol. The molecule has 0 fully saturated rings. The fraction of sp³-hybridized carbons (Fsp3) is 0.464. The Bertz CT molecular complexity index is 1230. The van der Waals surface area contributed by atoms with Gasteiger partial charge in [0.1, 0.15) is 5.75 Å². The van der Waals surface area contributed by atoms with Gasteiger partial charge in [-0.25, -0.2) is 4.79 Å². The number of hydrogen-bond donors (Lipinski definition) is 1. The number of carbonyl (C=O) groups is 1. The van der Waals surface area contributed by atoms with Crippen LogP contribution >= 0.6 is 0 Å². The van der Waals surface area contributed by atoms with Gasteiger partial charge in [0.2, 0.25) is 0 Å². The molecule has 2 heterocycles. The summed E-state index contributed by atoms with van der Waals surface area (Å²) in [6, 6.07) is 11.4. The molecule has 0 aliphatic carbocycles. The van der Waals surface area contributed by atoms with Gasteiger partial charge in [0.15, 0.2) is 0 Å². The fourth-order valence-corrected chi connectivity index (χ4v) is 4.09. The molecule has 1 aromatic carbocycles. The van der Waals surface area contributed by atoms with E-state index in [1.54, 1.807) is 10.8 Å². The summed E-state index contributed by atoms with van der Waals surface area (Å²) in [6.45, 7) is 12.7. The number of hydrogen-bond acceptors (Lipinski definition) is 4. The van der Waals surface area contributed by atoms with E-state index in [0.29, 0.717) is 35.4 Å². The molecule has 35 heavy (non-hydrogen) atoms. The normalized spacial score (nSPS) is 11.7. The van der Waals surface area contributed by atoms with Crippen LogP contribution in [-0.4, -0.2) is 37.8 Å². The maximum Gasteiger partial charge on any atom is 0.408 e. The van der Waals surface area contributed by atoms with E-state index in [-0.39, 0.29) is 18.0 Å². The van der Waals surface area contributed by atoms with Crippen molar-refractivity contribution in [2.24, 2.45) is 5.92 Å². The maximum atomic E-state index is 13.7. The molecule has 0 aliphatic heterocycles. The van der Waals surface area contributed by atoms with Crippen LogP contribution < -0.4 is 10.3 Å². The van der Waals surface area contributed by atoms with Crippen molar-refractivity contribution in [3.8, 4) is 17.0 Å². The summed E-state index contributed by atoms with van der Waals surface area (Å²) in [7, 11) is 0. The van der Waals surface area contributed by atoms with E-state index in [9.17, 15) is 14.7 Å². The number of nitrogens with zero attached hydrogens (tertiary/aromatic N) is 3. The predicted octanol–water partition coefficient (Wildman–Crippen LogP) is 6.18. The minimum Gasteiger partial charge on any atom is -0.491 e. The lowest BCUT2D eigenvalue weighted by atomic mass is 10.0. The van der Waals surface area contributed by atoms with Gasteiger partial charge >= 0.3 is 6.09 Å². The van der Waals surface area contributed by atoms with Crippen LogP contribution in [0.5, 0.6) is 5.75 Å². The zero-order valence-corrected chi connectivity index (χ0v) is 21.7. The number of unbranched alkanes of at least 4 members (excludes halogenated alkanes) is 1. The lowest BCUT2D eigenvalue weighted by Gasteiger charge is -2.34. The number of aromatic nitrogens is 2. The van der Waals surface area contributed by atoms with Crippen molar-refractivity contribution in [1.82, 2.24) is 14.5 Å². The molecule has 7 nitrogen and oxygen atoms in total. The van der Waals surface area contributed by atoms with Gasteiger partial charge in [-0.3, -0.25) is 14.7 Å². The number of amides is 1. The second-order valence-corrected chi connectivity index (χ2v) is 10.3. The van der Waals surface area contributed by atoms with Gasteiger partial charge in [0, 0.05) is 29.2 Å². The summed E-state index contributed by atoms with van der Waals surface area (Å²) in [4.78, 5) is 31.8. The molecule has 0 saturated carbocycles. The molecule has 7 heteroatoms. The SMILES string of the molecule is CCCCOc1c(CN(C(=O)O)C(C)(C)C)n(CC(C)C)c(=O)c2ccc(-c3ccccn3)cc12. The minimum atomic E-state index is -1.04. The first-order chi connectivity index (χ1) is 16.5. The molecule has 0 radical (unpaired) electrons. The van der Waals surface area contributed by atoms with Crippen LogP contribution in [-0.2, 0) is 13.1 Å². The van der Waals surface area contributed by atoms with E-state index in [0.717, 1.165) is 24.1 Å². The molecule has 0 bridgehead atoms. The number of pyridine rings is 2. The zero-order valence-electron chi connectivity index (χ0n) is 21.7. The highest BCUT2D eigenvalue weighted by molar-refractivity contribution is 5.92. The van der Waals surface area contributed by atoms with Crippen LogP contribution in [0.1, 0.15) is 60.1 Å². The Morgan fingerprint density at radius 3 is 2.49 bits per heavy atom. The van der Waals surface area contributed by atoms with E-state index in [2.05, 4.69) is 11.9 Å². The molecule has 0 saturated heterocycles. The fourth-order valence-electron chi connectivity index (χ4n) is 4.09. The second-order valence-electron chi connectivity index (χ2n) is 10.3. The molecule has 0 atom stereocenters. The summed E-state index contributed by atoms with van der Waals surface area (Å²) >= 11 is 0. The van der Waals surface area contributed by atoms with Crippen molar-refractivity contribution in [1.29, 1.82) is 0 Å². The second kappa shape index (κ2) is 10.9. The van der Waals surface area contributed by atoms with Gasteiger partial charge in [-0.05, 0) is 57.4 Å². The standard InChI is InChI=1S/C28H37N3O4/c1-7-8-15-35-25-22-16-20(23-11-9-10-14-29-23)12-13-21(22)26(32)30(17-19(2)3)24(25)18-31(27(33)34)28(4,5)6/h9-14,16,19H,7-8,15,17-18H2,1-6H3,(H,33,34). The molecule has 1 amide bonds. The van der Waals surface area contributed by atoms with Crippen LogP contribution in [0.25, 0.3) is 22.0 Å². The average molecular weight is 480 g/mol. The molecule has 0 aliphatic rings. The molecule has 3 rings (SSSR count). The Labute approximate surface area is 207 Å². The Kier molecular flexibility index (Phi) is 8.20. The third-order valence-corrected chi connectivity index (χ3v) is 5.93. The molecule has 0 spiro atoms. The van der Waals surface area contributed by atoms with Gasteiger partial charge in [0.25, 0.3) is 5.56 Å². The van der Waals surface area contributed by atoms with Crippen LogP contribution in [0.2, 0.25) is 0 Å². The molecule has 1 N–H and O–H groups in total. The summed E-state index contributed by atoms with van der Waals surface area (Å²) in [6.07, 6.45) is 2.51. The summed E-state index contributed by atoms with van der Waals surface area (Å²) in [5, 5.41) is 11.3. The van der Waals surface area contributed by atoms with E-state index in [1.807, 2.05) is 71.0 Å². The third kappa shape index (κ3) is 6.02. The number of ether oxygens (including phenoxy) is 1. The van der Waals surface area contributed by atoms with Crippen LogP contribution in [0, 0.1) is 5.92 Å². The number of carboxylic acid groups (broad SMARTS) is 1. The highest BCUT2D eigenvalue weighted by Crippen LogP contribution is 2.34. The third-order valence-electron chi connectivity index (χ3n) is 5.93. The van der Waals surface area contributed by atoms with Crippen LogP contribution in [0.3, 0.4) is 0 Å². The van der Waals surface area contributed by atoms with E-state index >= 15 is 0 Å². The van der Waals surface area contributed by atoms with Crippen molar-refractivity contribution in [3.63, 3.8) is 0 Å². The summed E-state index contributed by atoms with van der Waals surface area (Å²) < 4.78 is 8.06. The first-order valence-corrected chi connectivity index (χ1v) is 12.3. The zero-order chi connectivity index (χ0) is 25.8. The molecule has 3 aromatic rings. The van der Waals surface area contributed by atoms with Crippen molar-refractivity contribution in [2.45, 2.75) is 73.0 Å².